The Morgan fingerprint density at radius 2 is 1.46 bits per heavy atom. The molecule has 0 bridgehead atoms. The van der Waals surface area contributed by atoms with Crippen molar-refractivity contribution in [3.05, 3.63) is 88.7 Å². The maximum Gasteiger partial charge on any atom is 0.433 e. The van der Waals surface area contributed by atoms with Crippen molar-refractivity contribution < 1.29 is 22.8 Å². The zero-order valence-electron chi connectivity index (χ0n) is 19.7. The summed E-state index contributed by atoms with van der Waals surface area (Å²) in [5, 5.41) is 4.08. The van der Waals surface area contributed by atoms with E-state index in [9.17, 15) is 22.8 Å². The number of fused-ring (bicyclic) bond motifs is 4. The van der Waals surface area contributed by atoms with Crippen molar-refractivity contribution in [2.75, 3.05) is 26.2 Å². The van der Waals surface area contributed by atoms with Gasteiger partial charge in [0, 0.05) is 48.9 Å². The second kappa shape index (κ2) is 8.72. The molecule has 2 aromatic heterocycles. The predicted molar refractivity (Wildman–Crippen MR) is 129 cm³/mol. The summed E-state index contributed by atoms with van der Waals surface area (Å²) < 4.78 is 43.6. The molecule has 2 amide bonds. The van der Waals surface area contributed by atoms with Crippen molar-refractivity contribution in [3.8, 4) is 11.3 Å². The lowest BCUT2D eigenvalue weighted by molar-refractivity contribution is -0.143. The molecule has 0 saturated carbocycles. The molecule has 2 aromatic carbocycles. The number of halogens is 3. The minimum Gasteiger partial charge on any atom is -0.335 e. The number of hydrogen-bond acceptors (Lipinski definition) is 4. The molecule has 0 spiro atoms. The number of benzene rings is 2. The third kappa shape index (κ3) is 4.02. The molecule has 3 heterocycles. The first kappa shape index (κ1) is 23.2. The summed E-state index contributed by atoms with van der Waals surface area (Å²) in [7, 11) is 0. The Hall–Kier alpha value is -4.21. The van der Waals surface area contributed by atoms with Crippen molar-refractivity contribution in [2.45, 2.75) is 19.0 Å². The highest BCUT2D eigenvalue weighted by Crippen LogP contribution is 2.40. The SMILES string of the molecule is O=C(c1ccccc1)N1CCN(C(=O)c2cc3nc4c(c(C(F)(F)F)n3n2)CCc2ccccc2-4)CC1. The summed E-state index contributed by atoms with van der Waals surface area (Å²) in [6.45, 7) is 1.16. The lowest BCUT2D eigenvalue weighted by Gasteiger charge is -2.34. The normalized spacial score (nSPS) is 15.4. The molecule has 1 fully saturated rings. The molecule has 37 heavy (non-hydrogen) atoms. The highest BCUT2D eigenvalue weighted by atomic mass is 19.4. The number of aryl methyl sites for hydroxylation is 1. The van der Waals surface area contributed by atoms with E-state index in [4.69, 9.17) is 0 Å². The number of nitrogens with zero attached hydrogens (tertiary/aromatic N) is 5. The number of alkyl halides is 3. The molecule has 0 radical (unpaired) electrons. The van der Waals surface area contributed by atoms with E-state index in [0.29, 0.717) is 30.6 Å². The van der Waals surface area contributed by atoms with E-state index in [0.717, 1.165) is 10.1 Å². The molecule has 0 atom stereocenters. The van der Waals surface area contributed by atoms with Crippen LogP contribution >= 0.6 is 0 Å². The Balaban J connectivity index is 1.30. The minimum absolute atomic E-state index is 0.0241. The van der Waals surface area contributed by atoms with Gasteiger partial charge in [-0.15, -0.1) is 0 Å². The molecule has 6 rings (SSSR count). The number of carbonyl (C=O) groups excluding carboxylic acids is 2. The molecule has 2 aliphatic rings. The van der Waals surface area contributed by atoms with Crippen molar-refractivity contribution in [2.24, 2.45) is 0 Å². The van der Waals surface area contributed by atoms with E-state index in [1.165, 1.54) is 11.0 Å². The number of rotatable bonds is 2. The quantitative estimate of drug-likeness (QED) is 0.411. The van der Waals surface area contributed by atoms with Crippen LogP contribution in [0.4, 0.5) is 13.2 Å². The van der Waals surface area contributed by atoms with Gasteiger partial charge in [-0.1, -0.05) is 42.5 Å². The highest BCUT2D eigenvalue weighted by molar-refractivity contribution is 5.95. The van der Waals surface area contributed by atoms with E-state index >= 15 is 0 Å². The Kier molecular flexibility index (Phi) is 5.47. The van der Waals surface area contributed by atoms with Gasteiger partial charge in [0.25, 0.3) is 11.8 Å². The van der Waals surface area contributed by atoms with Crippen molar-refractivity contribution in [3.63, 3.8) is 0 Å². The number of piperazine rings is 1. The molecule has 10 heteroatoms. The molecule has 0 N–H and O–H groups in total. The monoisotopic (exact) mass is 505 g/mol. The Labute approximate surface area is 210 Å². The van der Waals surface area contributed by atoms with Gasteiger partial charge < -0.3 is 9.80 Å². The fourth-order valence-electron chi connectivity index (χ4n) is 5.16. The topological polar surface area (TPSA) is 70.8 Å². The molecular weight excluding hydrogens is 483 g/mol. The van der Waals surface area contributed by atoms with Crippen LogP contribution in [0.3, 0.4) is 0 Å². The molecule has 1 saturated heterocycles. The van der Waals surface area contributed by atoms with Gasteiger partial charge in [0.05, 0.1) is 5.69 Å². The van der Waals surface area contributed by atoms with Gasteiger partial charge in [0.2, 0.25) is 0 Å². The van der Waals surface area contributed by atoms with Gasteiger partial charge in [0.15, 0.2) is 17.0 Å². The maximum absolute atomic E-state index is 14.3. The Morgan fingerprint density at radius 1 is 0.811 bits per heavy atom. The van der Waals surface area contributed by atoms with Crippen LogP contribution in [0.15, 0.2) is 60.7 Å². The van der Waals surface area contributed by atoms with Gasteiger partial charge in [-0.2, -0.15) is 18.3 Å². The van der Waals surface area contributed by atoms with Crippen LogP contribution in [0.1, 0.15) is 37.7 Å². The maximum atomic E-state index is 14.3. The van der Waals surface area contributed by atoms with Crippen LogP contribution < -0.4 is 0 Å². The van der Waals surface area contributed by atoms with Gasteiger partial charge in [-0.05, 0) is 30.5 Å². The number of hydrogen-bond donors (Lipinski definition) is 0. The minimum atomic E-state index is -4.67. The zero-order valence-corrected chi connectivity index (χ0v) is 19.7. The summed E-state index contributed by atoms with van der Waals surface area (Å²) in [4.78, 5) is 33.6. The zero-order chi connectivity index (χ0) is 25.7. The Bertz CT molecular complexity index is 1520. The molecule has 4 aromatic rings. The van der Waals surface area contributed by atoms with Crippen LogP contribution in [0.5, 0.6) is 0 Å². The summed E-state index contributed by atoms with van der Waals surface area (Å²) in [5.74, 6) is -0.603. The number of carbonyl (C=O) groups is 2. The first-order valence-electron chi connectivity index (χ1n) is 12.0. The van der Waals surface area contributed by atoms with E-state index < -0.39 is 17.8 Å². The fourth-order valence-corrected chi connectivity index (χ4v) is 5.16. The third-order valence-electron chi connectivity index (χ3n) is 6.98. The second-order valence-corrected chi connectivity index (χ2v) is 9.19. The standard InChI is InChI=1S/C27H22F3N5O2/c28-27(29,30)24-20-11-10-17-6-4-5-9-19(17)23(20)31-22-16-21(32-35(22)24)26(37)34-14-12-33(13-15-34)25(36)18-7-2-1-3-8-18/h1-9,16H,10-15H2. The lowest BCUT2D eigenvalue weighted by Crippen LogP contribution is -2.50. The molecule has 7 nitrogen and oxygen atoms in total. The molecule has 1 aliphatic carbocycles. The van der Waals surface area contributed by atoms with Crippen LogP contribution in [-0.4, -0.2) is 62.4 Å². The van der Waals surface area contributed by atoms with Crippen LogP contribution in [0, 0.1) is 0 Å². The highest BCUT2D eigenvalue weighted by Gasteiger charge is 2.40. The van der Waals surface area contributed by atoms with Crippen LogP contribution in [0.25, 0.3) is 16.9 Å². The number of amides is 2. The lowest BCUT2D eigenvalue weighted by atomic mass is 9.88. The van der Waals surface area contributed by atoms with Gasteiger partial charge in [-0.25, -0.2) is 9.50 Å². The van der Waals surface area contributed by atoms with Crippen molar-refractivity contribution in [1.82, 2.24) is 24.4 Å². The summed E-state index contributed by atoms with van der Waals surface area (Å²) in [6, 6.07) is 17.5. The molecule has 188 valence electrons. The second-order valence-electron chi connectivity index (χ2n) is 9.19. The summed E-state index contributed by atoms with van der Waals surface area (Å²) in [6.07, 6.45) is -4.02. The Morgan fingerprint density at radius 3 is 2.16 bits per heavy atom. The van der Waals surface area contributed by atoms with Crippen LogP contribution in [0.2, 0.25) is 0 Å². The van der Waals surface area contributed by atoms with E-state index in [1.54, 1.807) is 41.3 Å². The number of aromatic nitrogens is 3. The average molecular weight is 506 g/mol. The third-order valence-corrected chi connectivity index (χ3v) is 6.98. The van der Waals surface area contributed by atoms with E-state index in [1.807, 2.05) is 18.2 Å². The first-order chi connectivity index (χ1) is 17.8. The van der Waals surface area contributed by atoms with Gasteiger partial charge in [0.1, 0.15) is 0 Å². The van der Waals surface area contributed by atoms with Crippen molar-refractivity contribution in [1.29, 1.82) is 0 Å². The molecule has 1 aliphatic heterocycles. The predicted octanol–water partition coefficient (Wildman–Crippen LogP) is 4.11. The van der Waals surface area contributed by atoms with Gasteiger partial charge >= 0.3 is 6.18 Å². The van der Waals surface area contributed by atoms with Crippen molar-refractivity contribution >= 4 is 17.5 Å². The molecular formula is C27H22F3N5O2. The summed E-state index contributed by atoms with van der Waals surface area (Å²) >= 11 is 0. The van der Waals surface area contributed by atoms with Crippen LogP contribution in [-0.2, 0) is 19.0 Å². The van der Waals surface area contributed by atoms with E-state index in [-0.39, 0.29) is 48.0 Å². The summed E-state index contributed by atoms with van der Waals surface area (Å²) in [5.41, 5.74) is 1.55. The average Bonchev–Trinajstić information content (AvgIpc) is 3.34. The van der Waals surface area contributed by atoms with Gasteiger partial charge in [-0.3, -0.25) is 9.59 Å². The largest absolute Gasteiger partial charge is 0.433 e. The van der Waals surface area contributed by atoms with E-state index in [2.05, 4.69) is 10.1 Å². The first-order valence-corrected chi connectivity index (χ1v) is 12.0. The fraction of sp³-hybridized carbons (Fsp3) is 0.259. The molecule has 0 unspecified atom stereocenters. The smallest absolute Gasteiger partial charge is 0.335 e.